The summed E-state index contributed by atoms with van der Waals surface area (Å²) in [5.74, 6) is 0.484. The Balaban J connectivity index is 1.28. The average molecular weight is 505 g/mol. The third kappa shape index (κ3) is 5.36. The first kappa shape index (κ1) is 24.3. The molecule has 36 heavy (non-hydrogen) atoms. The van der Waals surface area contributed by atoms with Crippen molar-refractivity contribution >= 4 is 33.3 Å². The Hall–Kier alpha value is -3.44. The fourth-order valence-corrected chi connectivity index (χ4v) is 5.39. The van der Waals surface area contributed by atoms with Crippen LogP contribution in [0.3, 0.4) is 0 Å². The minimum absolute atomic E-state index is 0.0497. The Morgan fingerprint density at radius 1 is 1.03 bits per heavy atom. The van der Waals surface area contributed by atoms with Crippen molar-refractivity contribution in [2.75, 3.05) is 44.7 Å². The second-order valence-electron chi connectivity index (χ2n) is 8.69. The zero-order valence-electron chi connectivity index (χ0n) is 19.7. The number of aromatic nitrogens is 3. The van der Waals surface area contributed by atoms with Gasteiger partial charge in [-0.15, -0.1) is 11.3 Å². The smallest absolute Gasteiger partial charge is 0.248 e. The fourth-order valence-electron chi connectivity index (χ4n) is 4.33. The summed E-state index contributed by atoms with van der Waals surface area (Å²) < 4.78 is 0.932. The topological polar surface area (TPSA) is 115 Å². The largest absolute Gasteiger partial charge is 0.394 e. The van der Waals surface area contributed by atoms with Crippen LogP contribution in [0.1, 0.15) is 17.3 Å². The van der Waals surface area contributed by atoms with Crippen molar-refractivity contribution in [1.82, 2.24) is 24.8 Å². The predicted molar refractivity (Wildman–Crippen MR) is 139 cm³/mol. The molecule has 0 unspecified atom stereocenters. The number of carbonyl (C=O) groups excluding carboxylic acids is 1. The van der Waals surface area contributed by atoms with Crippen LogP contribution in [0.5, 0.6) is 0 Å². The molecule has 0 spiro atoms. The van der Waals surface area contributed by atoms with Gasteiger partial charge in [-0.1, -0.05) is 36.4 Å². The van der Waals surface area contributed by atoms with Crippen molar-refractivity contribution in [3.05, 3.63) is 72.3 Å². The number of aliphatic hydroxyl groups excluding tert-OH is 2. The molecule has 4 heterocycles. The monoisotopic (exact) mass is 504 g/mol. The van der Waals surface area contributed by atoms with Crippen LogP contribution >= 0.6 is 11.3 Å². The molecule has 1 aliphatic rings. The van der Waals surface area contributed by atoms with E-state index in [-0.39, 0.29) is 18.6 Å². The zero-order valence-corrected chi connectivity index (χ0v) is 20.6. The van der Waals surface area contributed by atoms with Crippen LogP contribution in [0.2, 0.25) is 0 Å². The van der Waals surface area contributed by atoms with Gasteiger partial charge >= 0.3 is 0 Å². The van der Waals surface area contributed by atoms with E-state index in [2.05, 4.69) is 31.2 Å². The Morgan fingerprint density at radius 3 is 2.53 bits per heavy atom. The Morgan fingerprint density at radius 2 is 1.83 bits per heavy atom. The average Bonchev–Trinajstić information content (AvgIpc) is 3.38. The van der Waals surface area contributed by atoms with Crippen molar-refractivity contribution in [2.24, 2.45) is 0 Å². The first-order chi connectivity index (χ1) is 17.6. The van der Waals surface area contributed by atoms with Crippen LogP contribution in [-0.4, -0.2) is 80.3 Å². The predicted octanol–water partition coefficient (Wildman–Crippen LogP) is 2.54. The lowest BCUT2D eigenvalue weighted by atomic mass is 10.1. The summed E-state index contributed by atoms with van der Waals surface area (Å²) in [4.78, 5) is 30.2. The molecule has 0 bridgehead atoms. The highest BCUT2D eigenvalue weighted by Gasteiger charge is 2.21. The lowest BCUT2D eigenvalue weighted by Crippen LogP contribution is -2.49. The maximum absolute atomic E-state index is 11.6. The summed E-state index contributed by atoms with van der Waals surface area (Å²) in [6, 6.07) is 15.7. The molecule has 0 radical (unpaired) electrons. The SMILES string of the molecule is O=C(CO)N1CCN(Cc2ccc(-c3cc4ncnc(N[C@H](CO)c5ccccc5)c4s3)cn2)CC1. The third-order valence-electron chi connectivity index (χ3n) is 6.36. The lowest BCUT2D eigenvalue weighted by molar-refractivity contribution is -0.136. The molecule has 1 saturated heterocycles. The van der Waals surface area contributed by atoms with Gasteiger partial charge in [0, 0.05) is 49.4 Å². The first-order valence-corrected chi connectivity index (χ1v) is 12.7. The fraction of sp³-hybridized carbons (Fsp3) is 0.308. The highest BCUT2D eigenvalue weighted by molar-refractivity contribution is 7.22. The number of fused-ring (bicyclic) bond motifs is 1. The molecule has 9 nitrogen and oxygen atoms in total. The summed E-state index contributed by atoms with van der Waals surface area (Å²) in [7, 11) is 0. The maximum Gasteiger partial charge on any atom is 0.248 e. The quantitative estimate of drug-likeness (QED) is 0.335. The molecule has 1 aliphatic heterocycles. The number of pyridine rings is 1. The van der Waals surface area contributed by atoms with Gasteiger partial charge in [-0.05, 0) is 17.7 Å². The minimum atomic E-state index is -0.432. The molecule has 186 valence electrons. The maximum atomic E-state index is 11.6. The van der Waals surface area contributed by atoms with Gasteiger partial charge in [0.1, 0.15) is 18.8 Å². The van der Waals surface area contributed by atoms with Gasteiger partial charge in [0.25, 0.3) is 0 Å². The number of anilines is 1. The van der Waals surface area contributed by atoms with Gasteiger partial charge in [-0.2, -0.15) is 0 Å². The Kier molecular flexibility index (Phi) is 7.47. The lowest BCUT2D eigenvalue weighted by Gasteiger charge is -2.34. The number of nitrogens with one attached hydrogen (secondary N) is 1. The summed E-state index contributed by atoms with van der Waals surface area (Å²) in [5.41, 5.74) is 3.81. The standard InChI is InChI=1S/C26H28N6O3S/c33-15-22(18-4-2-1-3-5-18)30-26-25-21(28-17-29-26)12-23(36-25)19-6-7-20(27-13-19)14-31-8-10-32(11-9-31)24(35)16-34/h1-7,12-13,17,22,33-34H,8-11,14-16H2,(H,28,29,30)/t22-/m1/s1. The summed E-state index contributed by atoms with van der Waals surface area (Å²) >= 11 is 1.59. The zero-order chi connectivity index (χ0) is 24.9. The van der Waals surface area contributed by atoms with Crippen LogP contribution in [0.25, 0.3) is 20.7 Å². The number of carbonyl (C=O) groups is 1. The molecule has 0 saturated carbocycles. The van der Waals surface area contributed by atoms with Crippen LogP contribution in [0.4, 0.5) is 5.82 Å². The number of rotatable bonds is 8. The molecule has 3 aromatic heterocycles. The summed E-state index contributed by atoms with van der Waals surface area (Å²) in [6.07, 6.45) is 3.42. The van der Waals surface area contributed by atoms with Gasteiger partial charge < -0.3 is 20.4 Å². The number of benzene rings is 1. The molecule has 3 N–H and O–H groups in total. The van der Waals surface area contributed by atoms with Crippen molar-refractivity contribution in [3.8, 4) is 10.4 Å². The Labute approximate surface area is 213 Å². The minimum Gasteiger partial charge on any atom is -0.394 e. The molecule has 1 aromatic carbocycles. The number of amides is 1. The second-order valence-corrected chi connectivity index (χ2v) is 9.74. The van der Waals surface area contributed by atoms with Crippen molar-refractivity contribution < 1.29 is 15.0 Å². The number of hydrogen-bond acceptors (Lipinski definition) is 9. The number of hydrogen-bond donors (Lipinski definition) is 3. The molecule has 10 heteroatoms. The molecule has 1 amide bonds. The molecule has 5 rings (SSSR count). The van der Waals surface area contributed by atoms with Gasteiger partial charge in [0.2, 0.25) is 5.91 Å². The van der Waals surface area contributed by atoms with Crippen LogP contribution < -0.4 is 5.32 Å². The normalized spacial score (nSPS) is 15.2. The molecular weight excluding hydrogens is 476 g/mol. The van der Waals surface area contributed by atoms with Crippen LogP contribution in [0.15, 0.2) is 61.1 Å². The molecule has 1 atom stereocenters. The van der Waals surface area contributed by atoms with E-state index in [1.807, 2.05) is 48.7 Å². The van der Waals surface area contributed by atoms with Crippen LogP contribution in [-0.2, 0) is 11.3 Å². The van der Waals surface area contributed by atoms with E-state index in [9.17, 15) is 9.90 Å². The second kappa shape index (κ2) is 11.1. The van der Waals surface area contributed by atoms with Gasteiger partial charge in [-0.3, -0.25) is 14.7 Å². The van der Waals surface area contributed by atoms with E-state index < -0.39 is 6.61 Å². The number of thiophene rings is 1. The van der Waals surface area contributed by atoms with E-state index in [0.717, 1.165) is 51.5 Å². The van der Waals surface area contributed by atoms with Crippen LogP contribution in [0, 0.1) is 0 Å². The molecule has 0 aliphatic carbocycles. The van der Waals surface area contributed by atoms with E-state index in [4.69, 9.17) is 5.11 Å². The molecule has 4 aromatic rings. The first-order valence-electron chi connectivity index (χ1n) is 11.9. The van der Waals surface area contributed by atoms with Gasteiger partial charge in [0.15, 0.2) is 0 Å². The number of nitrogens with zero attached hydrogens (tertiary/aromatic N) is 5. The van der Waals surface area contributed by atoms with E-state index in [0.29, 0.717) is 18.9 Å². The summed E-state index contributed by atoms with van der Waals surface area (Å²) in [5, 5.41) is 22.3. The highest BCUT2D eigenvalue weighted by Crippen LogP contribution is 2.36. The van der Waals surface area contributed by atoms with Crippen molar-refractivity contribution in [2.45, 2.75) is 12.6 Å². The molecular formula is C26H28N6O3S. The summed E-state index contributed by atoms with van der Waals surface area (Å²) in [6.45, 7) is 3.01. The third-order valence-corrected chi connectivity index (χ3v) is 7.54. The highest BCUT2D eigenvalue weighted by atomic mass is 32.1. The van der Waals surface area contributed by atoms with Crippen molar-refractivity contribution in [3.63, 3.8) is 0 Å². The van der Waals surface area contributed by atoms with Gasteiger partial charge in [-0.25, -0.2) is 9.97 Å². The molecule has 1 fully saturated rings. The Bertz CT molecular complexity index is 1310. The van der Waals surface area contributed by atoms with E-state index in [1.54, 1.807) is 16.2 Å². The van der Waals surface area contributed by atoms with E-state index in [1.165, 1.54) is 6.33 Å². The van der Waals surface area contributed by atoms with E-state index >= 15 is 0 Å². The number of piperazine rings is 1. The van der Waals surface area contributed by atoms with Gasteiger partial charge in [0.05, 0.1) is 28.6 Å². The number of aliphatic hydroxyl groups is 2. The van der Waals surface area contributed by atoms with Crippen molar-refractivity contribution in [1.29, 1.82) is 0 Å².